The fourth-order valence-corrected chi connectivity index (χ4v) is 2.94. The Morgan fingerprint density at radius 2 is 2.03 bits per heavy atom. The molecule has 0 bridgehead atoms. The molecule has 0 aliphatic rings. The van der Waals surface area contributed by atoms with E-state index < -0.39 is 10.8 Å². The van der Waals surface area contributed by atoms with Crippen molar-refractivity contribution in [3.05, 3.63) is 86.1 Å². The lowest BCUT2D eigenvalue weighted by atomic mass is 10.1. The summed E-state index contributed by atoms with van der Waals surface area (Å²) in [5.41, 5.74) is 4.18. The zero-order chi connectivity index (χ0) is 21.7. The molecule has 0 fully saturated rings. The number of pyridine rings is 1. The van der Waals surface area contributed by atoms with Gasteiger partial charge in [-0.05, 0) is 37.6 Å². The van der Waals surface area contributed by atoms with Gasteiger partial charge >= 0.3 is 0 Å². The van der Waals surface area contributed by atoms with Crippen LogP contribution in [0.3, 0.4) is 0 Å². The molecule has 30 heavy (non-hydrogen) atoms. The lowest BCUT2D eigenvalue weighted by Gasteiger charge is -2.02. The molecule has 0 saturated carbocycles. The Bertz CT molecular complexity index is 1150. The number of hydrogen-bond donors (Lipinski definition) is 2. The Balaban J connectivity index is 1.94. The van der Waals surface area contributed by atoms with Gasteiger partial charge in [0.1, 0.15) is 0 Å². The molecule has 0 atom stereocenters. The number of aromatic nitrogens is 3. The molecule has 0 aliphatic heterocycles. The van der Waals surface area contributed by atoms with Crippen LogP contribution in [-0.4, -0.2) is 31.3 Å². The molecule has 0 radical (unpaired) electrons. The van der Waals surface area contributed by atoms with Gasteiger partial charge in [0.15, 0.2) is 0 Å². The van der Waals surface area contributed by atoms with Crippen LogP contribution in [0.5, 0.6) is 0 Å². The normalized spacial score (nSPS) is 11.3. The van der Waals surface area contributed by atoms with E-state index in [0.717, 1.165) is 6.42 Å². The summed E-state index contributed by atoms with van der Waals surface area (Å²) in [4.78, 5) is 39.5. The summed E-state index contributed by atoms with van der Waals surface area (Å²) < 4.78 is 1.31. The molecule has 3 aromatic rings. The van der Waals surface area contributed by atoms with Gasteiger partial charge < -0.3 is 0 Å². The quantitative estimate of drug-likeness (QED) is 0.352. The highest BCUT2D eigenvalue weighted by Gasteiger charge is 2.18. The summed E-state index contributed by atoms with van der Waals surface area (Å²) in [6, 6.07) is 8.89. The first kappa shape index (κ1) is 20.6. The van der Waals surface area contributed by atoms with E-state index in [-0.39, 0.29) is 11.2 Å². The van der Waals surface area contributed by atoms with Crippen LogP contribution in [0.1, 0.15) is 41.9 Å². The van der Waals surface area contributed by atoms with Crippen LogP contribution < -0.4 is 11.0 Å². The fraction of sp³-hybridized carbons (Fsp3) is 0.200. The first-order chi connectivity index (χ1) is 14.4. The molecule has 2 heterocycles. The molecule has 0 unspecified atom stereocenters. The summed E-state index contributed by atoms with van der Waals surface area (Å²) in [6.45, 7) is 3.61. The second kappa shape index (κ2) is 8.95. The minimum atomic E-state index is -0.503. The number of H-pyrrole nitrogens is 1. The van der Waals surface area contributed by atoms with Crippen molar-refractivity contribution >= 4 is 17.3 Å². The standard InChI is InChI=1S/C20H20N6O4/c1-3-5-17-18(13(2)22-23-19(27)14-6-4-11-21-12-14)20(28)25(24-17)15-7-9-16(10-8-15)26(29)30/h4,6-12,24H,3,5H2,1-2H3,(H,23,27)/b22-13+. The molecule has 3 rings (SSSR count). The van der Waals surface area contributed by atoms with Crippen LogP contribution in [0.15, 0.2) is 58.7 Å². The van der Waals surface area contributed by atoms with Gasteiger partial charge in [0.05, 0.1) is 27.4 Å². The van der Waals surface area contributed by atoms with Crippen molar-refractivity contribution in [1.29, 1.82) is 0 Å². The second-order valence-electron chi connectivity index (χ2n) is 6.51. The van der Waals surface area contributed by atoms with Crippen LogP contribution in [0.2, 0.25) is 0 Å². The van der Waals surface area contributed by atoms with Crippen LogP contribution in [0, 0.1) is 10.1 Å². The van der Waals surface area contributed by atoms with Crippen molar-refractivity contribution in [2.24, 2.45) is 5.10 Å². The summed E-state index contributed by atoms with van der Waals surface area (Å²) in [5.74, 6) is -0.439. The maximum absolute atomic E-state index is 13.0. The summed E-state index contributed by atoms with van der Waals surface area (Å²) in [5, 5.41) is 18.0. The smallest absolute Gasteiger partial charge is 0.280 e. The number of carbonyl (C=O) groups is 1. The second-order valence-corrected chi connectivity index (χ2v) is 6.51. The molecule has 1 amide bonds. The van der Waals surface area contributed by atoms with Gasteiger partial charge in [0.2, 0.25) is 0 Å². The molecule has 10 nitrogen and oxygen atoms in total. The Morgan fingerprint density at radius 1 is 1.30 bits per heavy atom. The van der Waals surface area contributed by atoms with E-state index in [0.29, 0.717) is 34.6 Å². The number of nitrogens with zero attached hydrogens (tertiary/aromatic N) is 4. The van der Waals surface area contributed by atoms with Gasteiger partial charge in [-0.1, -0.05) is 13.3 Å². The number of aromatic amines is 1. The Labute approximate surface area is 171 Å². The highest BCUT2D eigenvalue weighted by molar-refractivity contribution is 6.01. The molecule has 10 heteroatoms. The van der Waals surface area contributed by atoms with Crippen molar-refractivity contribution in [2.75, 3.05) is 0 Å². The lowest BCUT2D eigenvalue weighted by molar-refractivity contribution is -0.384. The maximum atomic E-state index is 13.0. The number of nitro benzene ring substituents is 1. The molecule has 1 aromatic carbocycles. The highest BCUT2D eigenvalue weighted by atomic mass is 16.6. The monoisotopic (exact) mass is 408 g/mol. The molecule has 0 spiro atoms. The van der Waals surface area contributed by atoms with E-state index in [1.54, 1.807) is 25.3 Å². The Hall–Kier alpha value is -4.08. The van der Waals surface area contributed by atoms with Crippen molar-refractivity contribution < 1.29 is 9.72 Å². The highest BCUT2D eigenvalue weighted by Crippen LogP contribution is 2.15. The molecule has 0 saturated heterocycles. The summed E-state index contributed by atoms with van der Waals surface area (Å²) in [6.07, 6.45) is 4.35. The number of carbonyl (C=O) groups excluding carboxylic acids is 1. The molecule has 2 N–H and O–H groups in total. The first-order valence-corrected chi connectivity index (χ1v) is 9.26. The average molecular weight is 408 g/mol. The van der Waals surface area contributed by atoms with Crippen LogP contribution in [0.25, 0.3) is 5.69 Å². The molecule has 154 valence electrons. The third kappa shape index (κ3) is 4.32. The first-order valence-electron chi connectivity index (χ1n) is 9.26. The van der Waals surface area contributed by atoms with E-state index in [4.69, 9.17) is 0 Å². The van der Waals surface area contributed by atoms with E-state index in [2.05, 4.69) is 20.6 Å². The molecular formula is C20H20N6O4. The maximum Gasteiger partial charge on any atom is 0.280 e. The predicted molar refractivity (Wildman–Crippen MR) is 111 cm³/mol. The van der Waals surface area contributed by atoms with Crippen molar-refractivity contribution in [3.63, 3.8) is 0 Å². The largest absolute Gasteiger partial charge is 0.294 e. The van der Waals surface area contributed by atoms with E-state index in [9.17, 15) is 19.7 Å². The van der Waals surface area contributed by atoms with E-state index in [1.165, 1.54) is 35.1 Å². The predicted octanol–water partition coefficient (Wildman–Crippen LogP) is 2.58. The van der Waals surface area contributed by atoms with Crippen molar-refractivity contribution in [3.8, 4) is 5.69 Å². The minimum Gasteiger partial charge on any atom is -0.294 e. The lowest BCUT2D eigenvalue weighted by Crippen LogP contribution is -2.23. The van der Waals surface area contributed by atoms with Crippen molar-refractivity contribution in [1.82, 2.24) is 20.2 Å². The van der Waals surface area contributed by atoms with E-state index in [1.807, 2.05) is 6.92 Å². The fourth-order valence-electron chi connectivity index (χ4n) is 2.94. The minimum absolute atomic E-state index is 0.0665. The van der Waals surface area contributed by atoms with E-state index >= 15 is 0 Å². The summed E-state index contributed by atoms with van der Waals surface area (Å²) in [7, 11) is 0. The topological polar surface area (TPSA) is 135 Å². The number of aryl methyl sites for hydroxylation is 1. The molecule has 0 aliphatic carbocycles. The number of benzene rings is 1. The van der Waals surface area contributed by atoms with Gasteiger partial charge in [0, 0.05) is 30.2 Å². The third-order valence-corrected chi connectivity index (χ3v) is 4.39. The number of non-ortho nitro benzene ring substituents is 1. The van der Waals surface area contributed by atoms with Crippen LogP contribution in [-0.2, 0) is 6.42 Å². The van der Waals surface area contributed by atoms with Gasteiger partial charge in [-0.3, -0.25) is 29.8 Å². The molecular weight excluding hydrogens is 388 g/mol. The Kier molecular flexibility index (Phi) is 6.16. The summed E-state index contributed by atoms with van der Waals surface area (Å²) >= 11 is 0. The number of hydrazone groups is 1. The van der Waals surface area contributed by atoms with Gasteiger partial charge in [0.25, 0.3) is 17.2 Å². The SMILES string of the molecule is CCCc1[nH]n(-c2ccc([N+](=O)[O-])cc2)c(=O)c1/C(C)=N/NC(=O)c1cccnc1. The number of rotatable bonds is 7. The van der Waals surface area contributed by atoms with Gasteiger partial charge in [-0.15, -0.1) is 0 Å². The number of nitrogens with one attached hydrogen (secondary N) is 2. The third-order valence-electron chi connectivity index (χ3n) is 4.39. The number of amides is 1. The van der Waals surface area contributed by atoms with Crippen LogP contribution in [0.4, 0.5) is 5.69 Å². The van der Waals surface area contributed by atoms with Crippen molar-refractivity contribution in [2.45, 2.75) is 26.7 Å². The zero-order valence-corrected chi connectivity index (χ0v) is 16.5. The Morgan fingerprint density at radius 3 is 2.63 bits per heavy atom. The number of nitro groups is 1. The van der Waals surface area contributed by atoms with Gasteiger partial charge in [-0.2, -0.15) is 5.10 Å². The van der Waals surface area contributed by atoms with Gasteiger partial charge in [-0.25, -0.2) is 10.1 Å². The average Bonchev–Trinajstić information content (AvgIpc) is 3.08. The zero-order valence-electron chi connectivity index (χ0n) is 16.5. The van der Waals surface area contributed by atoms with Crippen LogP contribution >= 0.6 is 0 Å². The molecule has 2 aromatic heterocycles. The number of hydrogen-bond acceptors (Lipinski definition) is 6.